The van der Waals surface area contributed by atoms with Gasteiger partial charge in [-0.1, -0.05) is 24.3 Å². The van der Waals surface area contributed by atoms with Crippen LogP contribution in [-0.4, -0.2) is 73.3 Å². The summed E-state index contributed by atoms with van der Waals surface area (Å²) in [5, 5.41) is 21.2. The number of methoxy groups -OCH3 is 1. The minimum atomic E-state index is -5.19. The van der Waals surface area contributed by atoms with E-state index >= 15 is 0 Å². The molecule has 7 aliphatic rings. The molecule has 7 nitrogen and oxygen atoms in total. The first-order chi connectivity index (χ1) is 22.4. The summed E-state index contributed by atoms with van der Waals surface area (Å²) < 4.78 is 54.3. The summed E-state index contributed by atoms with van der Waals surface area (Å²) in [5.41, 5.74) is 2.44. The molecule has 10 rings (SSSR count). The van der Waals surface area contributed by atoms with E-state index in [2.05, 4.69) is 43.4 Å². The van der Waals surface area contributed by atoms with Crippen LogP contribution in [0.3, 0.4) is 0 Å². The number of phenols is 1. The fraction of sp³-hybridized carbons (Fsp3) is 0.583. The number of hydrogen-bond acceptors (Lipinski definition) is 7. The smallest absolute Gasteiger partial charge is 0.430 e. The first kappa shape index (κ1) is 31.4. The Kier molecular flexibility index (Phi) is 7.06. The van der Waals surface area contributed by atoms with Crippen LogP contribution < -0.4 is 9.84 Å². The summed E-state index contributed by atoms with van der Waals surface area (Å²) in [5.74, 6) is -0.772. The number of carboxylic acids is 1. The average Bonchev–Trinajstić information content (AvgIpc) is 3.61. The van der Waals surface area contributed by atoms with Crippen LogP contribution in [-0.2, 0) is 32.7 Å². The number of nitrogens with zero attached hydrogens (tertiary/aromatic N) is 1. The topological polar surface area (TPSA) is 88.1 Å². The summed E-state index contributed by atoms with van der Waals surface area (Å²) in [4.78, 5) is 10.1. The summed E-state index contributed by atoms with van der Waals surface area (Å²) in [6.07, 6.45) is 3.10. The Hall–Kier alpha value is -2.86. The van der Waals surface area contributed by atoms with Crippen molar-refractivity contribution in [3.63, 3.8) is 0 Å². The lowest BCUT2D eigenvalue weighted by atomic mass is 9.34. The van der Waals surface area contributed by atoms with E-state index in [4.69, 9.17) is 24.1 Å². The maximum atomic E-state index is 11.1. The third kappa shape index (κ3) is 4.45. The second-order valence-corrected chi connectivity index (χ2v) is 16.2. The molecule has 2 aliphatic heterocycles. The normalized spacial score (nSPS) is 36.0. The number of fused-ring (bicyclic) bond motifs is 3. The van der Waals surface area contributed by atoms with Crippen LogP contribution in [0.2, 0.25) is 0 Å². The van der Waals surface area contributed by atoms with Crippen molar-refractivity contribution in [3.8, 4) is 11.5 Å². The van der Waals surface area contributed by atoms with Gasteiger partial charge in [0.1, 0.15) is 17.7 Å². The number of thiophene rings is 1. The van der Waals surface area contributed by atoms with Crippen LogP contribution in [0.25, 0.3) is 10.1 Å². The molecule has 0 amide bonds. The molecule has 2 aromatic carbocycles. The van der Waals surface area contributed by atoms with Crippen LogP contribution >= 0.6 is 11.3 Å². The average molecular weight is 672 g/mol. The number of rotatable bonds is 7. The molecule has 5 aliphatic carbocycles. The van der Waals surface area contributed by atoms with Gasteiger partial charge in [0.15, 0.2) is 11.5 Å². The van der Waals surface area contributed by atoms with Gasteiger partial charge in [0, 0.05) is 52.3 Å². The van der Waals surface area contributed by atoms with Crippen LogP contribution in [0.4, 0.5) is 13.2 Å². The number of carbonyl (C=O) groups excluding carboxylic acids is 1. The number of likely N-dealkylation sites (tertiary alicyclic amines) is 1. The first-order valence-electron chi connectivity index (χ1n) is 16.6. The summed E-state index contributed by atoms with van der Waals surface area (Å²) in [6.45, 7) is 3.85. The number of likely N-dealkylation sites (N-methyl/N-ethyl adjacent to an activating group) is 1. The summed E-state index contributed by atoms with van der Waals surface area (Å²) in [7, 11) is 4.47. The highest BCUT2D eigenvalue weighted by Crippen LogP contribution is 2.77. The van der Waals surface area contributed by atoms with Crippen molar-refractivity contribution >= 4 is 27.4 Å². The highest BCUT2D eigenvalue weighted by Gasteiger charge is 2.83. The molecule has 1 N–H and O–H groups in total. The molecule has 7 atom stereocenters. The van der Waals surface area contributed by atoms with Gasteiger partial charge in [-0.15, -0.1) is 11.3 Å². The third-order valence-corrected chi connectivity index (χ3v) is 13.9. The maximum absolute atomic E-state index is 11.1. The van der Waals surface area contributed by atoms with Crippen molar-refractivity contribution < 1.29 is 46.9 Å². The Morgan fingerprint density at radius 3 is 2.64 bits per heavy atom. The predicted molar refractivity (Wildman–Crippen MR) is 167 cm³/mol. The highest BCUT2D eigenvalue weighted by atomic mass is 32.1. The van der Waals surface area contributed by atoms with Gasteiger partial charge in [-0.25, -0.2) is 0 Å². The Morgan fingerprint density at radius 2 is 1.94 bits per heavy atom. The molecule has 252 valence electrons. The number of phenolic OH excluding ortho intramolecular Hbond substituents is 1. The van der Waals surface area contributed by atoms with E-state index in [-0.39, 0.29) is 22.9 Å². The highest BCUT2D eigenvalue weighted by molar-refractivity contribution is 7.19. The van der Waals surface area contributed by atoms with Gasteiger partial charge in [0.05, 0.1) is 44.8 Å². The second kappa shape index (κ2) is 10.6. The number of halogens is 3. The number of benzene rings is 2. The zero-order chi connectivity index (χ0) is 33.0. The van der Waals surface area contributed by atoms with Crippen molar-refractivity contribution in [1.82, 2.24) is 0 Å². The Morgan fingerprint density at radius 1 is 1.17 bits per heavy atom. The zero-order valence-electron chi connectivity index (χ0n) is 26.6. The number of alkyl halides is 3. The number of aliphatic carboxylic acids is 1. The maximum Gasteiger partial charge on any atom is 0.430 e. The monoisotopic (exact) mass is 671 g/mol. The van der Waals surface area contributed by atoms with Crippen molar-refractivity contribution in [2.75, 3.05) is 33.9 Å². The molecule has 2 spiro atoms. The van der Waals surface area contributed by atoms with Gasteiger partial charge < -0.3 is 33.7 Å². The number of ether oxygens (including phenoxy) is 3. The van der Waals surface area contributed by atoms with Crippen molar-refractivity contribution in [2.24, 2.45) is 17.3 Å². The van der Waals surface area contributed by atoms with Gasteiger partial charge in [0.25, 0.3) is 0 Å². The number of hydrogen-bond donors (Lipinski definition) is 1. The molecule has 3 heterocycles. The lowest BCUT2D eigenvalue weighted by Gasteiger charge is -2.74. The molecule has 47 heavy (non-hydrogen) atoms. The Bertz CT molecular complexity index is 1710. The standard InChI is InChI=1S/C34H39NO4S.C2HF3O2/c1-35(18-21-7-8-21)14-13-33-29-23-9-10-26(36)30(29)39-31(33)34(37-2)12-11-32(33,28(35)16-23)17-24(34)19-38-20-25-15-22-5-3-4-6-27(22)40-25;3-2(4,5)1(6)7/h3-6,9-10,15,21,24,28,31H,7-8,11-14,16-20H2,1-2H3;(H,6,7)/t24-,28-,31-,32-,33+,34-,35?;/m1./s1. The van der Waals surface area contributed by atoms with Crippen LogP contribution in [0.5, 0.6) is 11.5 Å². The van der Waals surface area contributed by atoms with Crippen molar-refractivity contribution in [2.45, 2.75) is 80.9 Å². The lowest BCUT2D eigenvalue weighted by Crippen LogP contribution is -2.83. The van der Waals surface area contributed by atoms with Gasteiger partial charge in [-0.05, 0) is 61.3 Å². The molecule has 4 bridgehead atoms. The molecular formula is C36H40F3NO6S. The molecule has 4 saturated carbocycles. The predicted octanol–water partition coefficient (Wildman–Crippen LogP) is 5.49. The van der Waals surface area contributed by atoms with E-state index in [1.165, 1.54) is 62.9 Å². The molecule has 1 aromatic heterocycles. The quantitative estimate of drug-likeness (QED) is 0.335. The molecule has 11 heteroatoms. The molecule has 0 radical (unpaired) electrons. The number of quaternary nitrogens is 1. The number of carbonyl (C=O) groups is 1. The van der Waals surface area contributed by atoms with Crippen molar-refractivity contribution in [1.29, 1.82) is 0 Å². The Labute approximate surface area is 275 Å². The van der Waals surface area contributed by atoms with E-state index in [0.717, 1.165) is 37.4 Å². The van der Waals surface area contributed by atoms with Gasteiger partial charge in [-0.3, -0.25) is 0 Å². The largest absolute Gasteiger partial charge is 0.542 e. The van der Waals surface area contributed by atoms with Crippen LogP contribution in [0, 0.1) is 17.3 Å². The number of aromatic hydroxyl groups is 1. The molecule has 1 unspecified atom stereocenters. The van der Waals surface area contributed by atoms with Gasteiger partial charge in [0.2, 0.25) is 0 Å². The summed E-state index contributed by atoms with van der Waals surface area (Å²) >= 11 is 1.84. The third-order valence-electron chi connectivity index (χ3n) is 12.8. The lowest BCUT2D eigenvalue weighted by molar-refractivity contribution is -0.952. The fourth-order valence-electron chi connectivity index (χ4n) is 10.9. The Balaban J connectivity index is 0.000000420. The van der Waals surface area contributed by atoms with E-state index in [9.17, 15) is 18.3 Å². The van der Waals surface area contributed by atoms with Crippen molar-refractivity contribution in [3.05, 3.63) is 58.5 Å². The van der Waals surface area contributed by atoms with E-state index in [1.807, 2.05) is 24.5 Å². The van der Waals surface area contributed by atoms with Crippen LogP contribution in [0.15, 0.2) is 42.5 Å². The summed E-state index contributed by atoms with van der Waals surface area (Å²) in [6, 6.07) is 15.5. The zero-order valence-corrected chi connectivity index (χ0v) is 27.4. The SMILES string of the molecule is CO[C@]12CC[C@@]3(C[C@@H]1COCc1cc4ccccc4s1)[C@H]1Cc4ccc(O)c5c4[C@@]3(CC[N+]1(C)CC1CC1)[C@H]2O5.O=C([O-])C(F)(F)F. The molecule has 5 fully saturated rings. The van der Waals surface area contributed by atoms with E-state index < -0.39 is 17.7 Å². The van der Waals surface area contributed by atoms with Gasteiger partial charge in [-0.2, -0.15) is 13.2 Å². The molecule has 1 saturated heterocycles. The minimum absolute atomic E-state index is 0.0649. The number of carboxylic acid groups (broad SMARTS) is 1. The number of piperidine rings is 1. The first-order valence-corrected chi connectivity index (χ1v) is 17.4. The second-order valence-electron chi connectivity index (χ2n) is 15.0. The molecule has 3 aromatic rings. The molecular weight excluding hydrogens is 631 g/mol. The minimum Gasteiger partial charge on any atom is -0.542 e. The van der Waals surface area contributed by atoms with Gasteiger partial charge >= 0.3 is 6.18 Å². The fourth-order valence-corrected chi connectivity index (χ4v) is 11.9. The van der Waals surface area contributed by atoms with Crippen LogP contribution in [0.1, 0.15) is 54.5 Å². The van der Waals surface area contributed by atoms with E-state index in [0.29, 0.717) is 25.0 Å². The van der Waals surface area contributed by atoms with E-state index in [1.54, 1.807) is 0 Å².